The summed E-state index contributed by atoms with van der Waals surface area (Å²) >= 11 is 18.3. The van der Waals surface area contributed by atoms with E-state index in [9.17, 15) is 5.11 Å². The molecule has 0 aliphatic carbocycles. The Labute approximate surface area is 172 Å². The number of benzene rings is 3. The van der Waals surface area contributed by atoms with Gasteiger partial charge in [-0.3, -0.25) is 0 Å². The van der Waals surface area contributed by atoms with Crippen molar-refractivity contribution in [2.45, 2.75) is 12.6 Å². The minimum atomic E-state index is -0.578. The summed E-state index contributed by atoms with van der Waals surface area (Å²) in [6.45, 7) is 0.869. The fourth-order valence-corrected chi connectivity index (χ4v) is 3.79. The van der Waals surface area contributed by atoms with Crippen molar-refractivity contribution in [2.75, 3.05) is 11.9 Å². The standard InChI is InChI=1S/C21H17Cl3N2O/c22-13-1-5-16(6-2-13)25-11-17(27)12-26-20-7-3-14(23)9-18(20)19-10-15(24)4-8-21(19)26/h1-10,17,25,27H,11-12H2/t17-/m1/s1. The molecule has 0 aliphatic heterocycles. The minimum Gasteiger partial charge on any atom is -0.389 e. The molecule has 0 radical (unpaired) electrons. The molecule has 0 fully saturated rings. The number of fused-ring (bicyclic) bond motifs is 3. The van der Waals surface area contributed by atoms with E-state index in [-0.39, 0.29) is 0 Å². The first-order valence-corrected chi connectivity index (χ1v) is 9.69. The van der Waals surface area contributed by atoms with Gasteiger partial charge in [0, 0.05) is 49.1 Å². The van der Waals surface area contributed by atoms with Crippen molar-refractivity contribution in [1.82, 2.24) is 4.57 Å². The van der Waals surface area contributed by atoms with Gasteiger partial charge < -0.3 is 15.0 Å². The lowest BCUT2D eigenvalue weighted by molar-refractivity contribution is 0.169. The first-order valence-electron chi connectivity index (χ1n) is 8.56. The molecule has 3 aromatic carbocycles. The number of aliphatic hydroxyl groups is 1. The van der Waals surface area contributed by atoms with Crippen molar-refractivity contribution in [1.29, 1.82) is 0 Å². The molecular weight excluding hydrogens is 403 g/mol. The van der Waals surface area contributed by atoms with Gasteiger partial charge in [-0.05, 0) is 60.7 Å². The summed E-state index contributed by atoms with van der Waals surface area (Å²) in [5.41, 5.74) is 2.95. The van der Waals surface area contributed by atoms with Gasteiger partial charge in [0.25, 0.3) is 0 Å². The summed E-state index contributed by atoms with van der Waals surface area (Å²) in [6, 6.07) is 19.0. The lowest BCUT2D eigenvalue weighted by atomic mass is 10.1. The Morgan fingerprint density at radius 3 is 1.85 bits per heavy atom. The van der Waals surface area contributed by atoms with Gasteiger partial charge in [-0.2, -0.15) is 0 Å². The first kappa shape index (κ1) is 18.5. The van der Waals surface area contributed by atoms with E-state index >= 15 is 0 Å². The van der Waals surface area contributed by atoms with Gasteiger partial charge in [0.2, 0.25) is 0 Å². The molecule has 2 N–H and O–H groups in total. The molecule has 3 nitrogen and oxygen atoms in total. The summed E-state index contributed by atoms with van der Waals surface area (Å²) in [5.74, 6) is 0. The molecule has 1 atom stereocenters. The third kappa shape index (κ3) is 3.87. The van der Waals surface area contributed by atoms with Crippen LogP contribution in [0.1, 0.15) is 0 Å². The molecule has 4 rings (SSSR count). The third-order valence-electron chi connectivity index (χ3n) is 4.57. The lowest BCUT2D eigenvalue weighted by Gasteiger charge is -2.15. The van der Waals surface area contributed by atoms with E-state index in [4.69, 9.17) is 34.8 Å². The summed E-state index contributed by atoms with van der Waals surface area (Å²) in [4.78, 5) is 0. The molecule has 6 heteroatoms. The number of halogens is 3. The Bertz CT molecular complexity index is 1050. The summed E-state index contributed by atoms with van der Waals surface area (Å²) in [5, 5.41) is 17.9. The van der Waals surface area contributed by atoms with Gasteiger partial charge >= 0.3 is 0 Å². The zero-order chi connectivity index (χ0) is 19.0. The lowest BCUT2D eigenvalue weighted by Crippen LogP contribution is -2.24. The number of aliphatic hydroxyl groups excluding tert-OH is 1. The van der Waals surface area contributed by atoms with Crippen LogP contribution in [0.3, 0.4) is 0 Å². The second-order valence-corrected chi connectivity index (χ2v) is 7.78. The molecule has 1 aromatic heterocycles. The number of hydrogen-bond donors (Lipinski definition) is 2. The summed E-state index contributed by atoms with van der Waals surface area (Å²) < 4.78 is 2.10. The molecule has 1 heterocycles. The van der Waals surface area contributed by atoms with E-state index in [1.165, 1.54) is 0 Å². The Hall–Kier alpha value is -1.91. The number of aromatic nitrogens is 1. The smallest absolute Gasteiger partial charge is 0.0891 e. The van der Waals surface area contributed by atoms with Crippen LogP contribution in [0.5, 0.6) is 0 Å². The molecule has 0 saturated carbocycles. The maximum absolute atomic E-state index is 10.6. The van der Waals surface area contributed by atoms with Crippen molar-refractivity contribution in [3.8, 4) is 0 Å². The van der Waals surface area contributed by atoms with Crippen molar-refractivity contribution >= 4 is 62.3 Å². The number of hydrogen-bond acceptors (Lipinski definition) is 2. The van der Waals surface area contributed by atoms with Gasteiger partial charge in [-0.15, -0.1) is 0 Å². The topological polar surface area (TPSA) is 37.2 Å². The second-order valence-electron chi connectivity index (χ2n) is 6.48. The number of rotatable bonds is 5. The van der Waals surface area contributed by atoms with E-state index in [2.05, 4.69) is 9.88 Å². The molecule has 0 spiro atoms. The van der Waals surface area contributed by atoms with Crippen LogP contribution in [0.25, 0.3) is 21.8 Å². The highest BCUT2D eigenvalue weighted by Crippen LogP contribution is 2.33. The first-order chi connectivity index (χ1) is 13.0. The molecule has 138 valence electrons. The third-order valence-corrected chi connectivity index (χ3v) is 5.29. The number of nitrogens with zero attached hydrogens (tertiary/aromatic N) is 1. The molecule has 0 amide bonds. The van der Waals surface area contributed by atoms with Crippen LogP contribution in [0, 0.1) is 0 Å². The van der Waals surface area contributed by atoms with Crippen molar-refractivity contribution in [3.05, 3.63) is 75.7 Å². The van der Waals surface area contributed by atoms with Crippen molar-refractivity contribution < 1.29 is 5.11 Å². The van der Waals surface area contributed by atoms with Crippen LogP contribution in [-0.2, 0) is 6.54 Å². The van der Waals surface area contributed by atoms with Gasteiger partial charge in [0.05, 0.1) is 12.6 Å². The minimum absolute atomic E-state index is 0.421. The molecule has 0 bridgehead atoms. The largest absolute Gasteiger partial charge is 0.389 e. The van der Waals surface area contributed by atoms with Gasteiger partial charge in [0.15, 0.2) is 0 Å². The average Bonchev–Trinajstić information content (AvgIpc) is 2.94. The van der Waals surface area contributed by atoms with E-state index in [0.29, 0.717) is 28.2 Å². The monoisotopic (exact) mass is 418 g/mol. The fourth-order valence-electron chi connectivity index (χ4n) is 3.32. The predicted molar refractivity (Wildman–Crippen MR) is 115 cm³/mol. The molecular formula is C21H17Cl3N2O. The highest BCUT2D eigenvalue weighted by molar-refractivity contribution is 6.33. The Kier molecular flexibility index (Phi) is 5.20. The molecule has 0 unspecified atom stereocenters. The maximum atomic E-state index is 10.6. The molecule has 0 aliphatic rings. The van der Waals surface area contributed by atoms with E-state index in [1.807, 2.05) is 60.7 Å². The molecule has 27 heavy (non-hydrogen) atoms. The van der Waals surface area contributed by atoms with Gasteiger partial charge in [0.1, 0.15) is 0 Å². The van der Waals surface area contributed by atoms with Crippen LogP contribution < -0.4 is 5.32 Å². The Morgan fingerprint density at radius 1 is 0.778 bits per heavy atom. The number of anilines is 1. The van der Waals surface area contributed by atoms with E-state index in [0.717, 1.165) is 27.5 Å². The van der Waals surface area contributed by atoms with Crippen molar-refractivity contribution in [2.24, 2.45) is 0 Å². The summed E-state index contributed by atoms with van der Waals surface area (Å²) in [6.07, 6.45) is -0.578. The molecule has 4 aromatic rings. The van der Waals surface area contributed by atoms with Crippen molar-refractivity contribution in [3.63, 3.8) is 0 Å². The zero-order valence-electron chi connectivity index (χ0n) is 14.3. The normalized spacial score (nSPS) is 12.6. The maximum Gasteiger partial charge on any atom is 0.0891 e. The average molecular weight is 420 g/mol. The van der Waals surface area contributed by atoms with Gasteiger partial charge in [-0.25, -0.2) is 0 Å². The van der Waals surface area contributed by atoms with Crippen LogP contribution in [0.2, 0.25) is 15.1 Å². The van der Waals surface area contributed by atoms with E-state index < -0.39 is 6.10 Å². The Morgan fingerprint density at radius 2 is 1.30 bits per heavy atom. The van der Waals surface area contributed by atoms with E-state index in [1.54, 1.807) is 0 Å². The zero-order valence-corrected chi connectivity index (χ0v) is 16.6. The Balaban J connectivity index is 1.63. The summed E-state index contributed by atoms with van der Waals surface area (Å²) in [7, 11) is 0. The van der Waals surface area contributed by atoms with Crippen LogP contribution in [0.4, 0.5) is 5.69 Å². The van der Waals surface area contributed by atoms with Crippen LogP contribution in [0.15, 0.2) is 60.7 Å². The quantitative estimate of drug-likeness (QED) is 0.402. The predicted octanol–water partition coefficient (Wildman–Crippen LogP) is 6.23. The number of nitrogens with one attached hydrogen (secondary N) is 1. The SMILES string of the molecule is O[C@H](CNc1ccc(Cl)cc1)Cn1c2ccc(Cl)cc2c2cc(Cl)ccc21. The highest BCUT2D eigenvalue weighted by Gasteiger charge is 2.14. The van der Waals surface area contributed by atoms with Crippen LogP contribution in [-0.4, -0.2) is 22.3 Å². The fraction of sp³-hybridized carbons (Fsp3) is 0.143. The highest BCUT2D eigenvalue weighted by atomic mass is 35.5. The second kappa shape index (κ2) is 7.61. The van der Waals surface area contributed by atoms with Gasteiger partial charge in [-0.1, -0.05) is 34.8 Å². The molecule has 0 saturated heterocycles. The van der Waals surface area contributed by atoms with Crippen LogP contribution >= 0.6 is 34.8 Å².